The van der Waals surface area contributed by atoms with Gasteiger partial charge in [-0.3, -0.25) is 4.79 Å². The van der Waals surface area contributed by atoms with Crippen molar-refractivity contribution in [2.75, 3.05) is 13.2 Å². The van der Waals surface area contributed by atoms with E-state index in [0.717, 1.165) is 27.8 Å². The van der Waals surface area contributed by atoms with Gasteiger partial charge in [0, 0.05) is 0 Å². The number of carbonyl (C=O) groups excluding carboxylic acids is 1. The van der Waals surface area contributed by atoms with E-state index < -0.39 is 0 Å². The van der Waals surface area contributed by atoms with Crippen molar-refractivity contribution in [3.63, 3.8) is 0 Å². The minimum absolute atomic E-state index is 0.108. The third kappa shape index (κ3) is 6.58. The van der Waals surface area contributed by atoms with E-state index in [-0.39, 0.29) is 12.5 Å². The fraction of sp³-hybridized carbons (Fsp3) is 0.263. The van der Waals surface area contributed by atoms with Crippen molar-refractivity contribution in [2.45, 2.75) is 20.3 Å². The Morgan fingerprint density at radius 2 is 1.96 bits per heavy atom. The third-order valence-electron chi connectivity index (χ3n) is 3.20. The molecule has 1 N–H and O–H groups in total. The number of benzene rings is 2. The van der Waals surface area contributed by atoms with Gasteiger partial charge in [-0.15, -0.1) is 0 Å². The van der Waals surface area contributed by atoms with E-state index in [1.807, 2.05) is 49.4 Å². The van der Waals surface area contributed by atoms with Crippen molar-refractivity contribution in [3.05, 3.63) is 58.1 Å². The van der Waals surface area contributed by atoms with Crippen LogP contribution in [0.1, 0.15) is 24.5 Å². The Labute approximate surface area is 156 Å². The Balaban J connectivity index is 1.78. The number of nitrogens with one attached hydrogen (secondary N) is 1. The quantitative estimate of drug-likeness (QED) is 0.532. The summed E-state index contributed by atoms with van der Waals surface area (Å²) in [5.41, 5.74) is 4.42. The smallest absolute Gasteiger partial charge is 0.277 e. The minimum Gasteiger partial charge on any atom is -0.494 e. The molecule has 5 nitrogen and oxygen atoms in total. The second-order valence-electron chi connectivity index (χ2n) is 5.43. The molecule has 0 bridgehead atoms. The Bertz CT molecular complexity index is 730. The van der Waals surface area contributed by atoms with Gasteiger partial charge in [-0.05, 0) is 76.8 Å². The van der Waals surface area contributed by atoms with E-state index in [4.69, 9.17) is 9.47 Å². The van der Waals surface area contributed by atoms with Gasteiger partial charge >= 0.3 is 0 Å². The maximum absolute atomic E-state index is 11.8. The van der Waals surface area contributed by atoms with Gasteiger partial charge in [0.1, 0.15) is 11.5 Å². The topological polar surface area (TPSA) is 59.9 Å². The van der Waals surface area contributed by atoms with Crippen LogP contribution < -0.4 is 14.9 Å². The SMILES string of the molecule is CCCOc1ccc(/C=N/NC(=O)COc2ccc(C)cc2Br)cc1. The average Bonchev–Trinajstić information content (AvgIpc) is 2.60. The lowest BCUT2D eigenvalue weighted by atomic mass is 10.2. The summed E-state index contributed by atoms with van der Waals surface area (Å²) in [7, 11) is 0. The van der Waals surface area contributed by atoms with E-state index >= 15 is 0 Å². The minimum atomic E-state index is -0.327. The number of hydrogen-bond acceptors (Lipinski definition) is 4. The van der Waals surface area contributed by atoms with Gasteiger partial charge in [0.15, 0.2) is 6.61 Å². The zero-order chi connectivity index (χ0) is 18.1. The number of hydrazone groups is 1. The summed E-state index contributed by atoms with van der Waals surface area (Å²) in [5.74, 6) is 1.11. The number of aryl methyl sites for hydroxylation is 1. The molecule has 132 valence electrons. The van der Waals surface area contributed by atoms with Crippen molar-refractivity contribution in [1.82, 2.24) is 5.43 Å². The Morgan fingerprint density at radius 3 is 2.64 bits per heavy atom. The number of hydrogen-bond donors (Lipinski definition) is 1. The molecule has 0 aromatic heterocycles. The molecule has 0 heterocycles. The second kappa shape index (κ2) is 9.84. The first-order valence-electron chi connectivity index (χ1n) is 8.02. The van der Waals surface area contributed by atoms with E-state index in [1.165, 1.54) is 0 Å². The first-order chi connectivity index (χ1) is 12.1. The van der Waals surface area contributed by atoms with Gasteiger partial charge in [-0.25, -0.2) is 5.43 Å². The zero-order valence-corrected chi connectivity index (χ0v) is 15.9. The molecule has 0 atom stereocenters. The van der Waals surface area contributed by atoms with Gasteiger partial charge in [0.05, 0.1) is 17.3 Å². The van der Waals surface area contributed by atoms with Crippen LogP contribution >= 0.6 is 15.9 Å². The fourth-order valence-corrected chi connectivity index (χ4v) is 2.56. The van der Waals surface area contributed by atoms with Gasteiger partial charge in [0.25, 0.3) is 5.91 Å². The van der Waals surface area contributed by atoms with Crippen LogP contribution in [0.5, 0.6) is 11.5 Å². The zero-order valence-electron chi connectivity index (χ0n) is 14.3. The molecule has 1 amide bonds. The summed E-state index contributed by atoms with van der Waals surface area (Å²) in [5, 5.41) is 3.93. The van der Waals surface area contributed by atoms with Crippen LogP contribution in [-0.2, 0) is 4.79 Å². The third-order valence-corrected chi connectivity index (χ3v) is 3.82. The van der Waals surface area contributed by atoms with Crippen LogP contribution in [0.4, 0.5) is 0 Å². The van der Waals surface area contributed by atoms with Crippen molar-refractivity contribution < 1.29 is 14.3 Å². The van der Waals surface area contributed by atoms with E-state index in [1.54, 1.807) is 6.21 Å². The molecule has 2 aromatic carbocycles. The molecule has 0 saturated carbocycles. The molecule has 0 unspecified atom stereocenters. The monoisotopic (exact) mass is 404 g/mol. The number of amides is 1. The highest BCUT2D eigenvalue weighted by Gasteiger charge is 2.05. The van der Waals surface area contributed by atoms with Crippen LogP contribution in [0.25, 0.3) is 0 Å². The largest absolute Gasteiger partial charge is 0.494 e. The van der Waals surface area contributed by atoms with Crippen LogP contribution in [-0.4, -0.2) is 25.3 Å². The van der Waals surface area contributed by atoms with Crippen LogP contribution in [0, 0.1) is 6.92 Å². The summed E-state index contributed by atoms with van der Waals surface area (Å²) in [6, 6.07) is 13.2. The predicted molar refractivity (Wildman–Crippen MR) is 102 cm³/mol. The first-order valence-corrected chi connectivity index (χ1v) is 8.81. The van der Waals surface area contributed by atoms with Crippen LogP contribution in [0.2, 0.25) is 0 Å². The second-order valence-corrected chi connectivity index (χ2v) is 6.29. The molecule has 2 aromatic rings. The van der Waals surface area contributed by atoms with Crippen molar-refractivity contribution >= 4 is 28.1 Å². The lowest BCUT2D eigenvalue weighted by Gasteiger charge is -2.07. The van der Waals surface area contributed by atoms with Gasteiger partial charge in [-0.2, -0.15) is 5.10 Å². The number of rotatable bonds is 8. The first kappa shape index (κ1) is 19.0. The number of ether oxygens (including phenoxy) is 2. The van der Waals surface area contributed by atoms with E-state index in [9.17, 15) is 4.79 Å². The summed E-state index contributed by atoms with van der Waals surface area (Å²) in [4.78, 5) is 11.8. The molecule has 25 heavy (non-hydrogen) atoms. The van der Waals surface area contributed by atoms with Crippen molar-refractivity contribution in [3.8, 4) is 11.5 Å². The standard InChI is InChI=1S/C19H21BrN2O3/c1-3-10-24-16-7-5-15(6-8-16)12-21-22-19(23)13-25-18-9-4-14(2)11-17(18)20/h4-9,11-12H,3,10,13H2,1-2H3,(H,22,23)/b21-12+. The number of halogens is 1. The van der Waals surface area contributed by atoms with Crippen LogP contribution in [0.15, 0.2) is 52.0 Å². The molecule has 0 aliphatic heterocycles. The summed E-state index contributed by atoms with van der Waals surface area (Å²) in [6.07, 6.45) is 2.54. The lowest BCUT2D eigenvalue weighted by molar-refractivity contribution is -0.123. The summed E-state index contributed by atoms with van der Waals surface area (Å²) >= 11 is 3.41. The summed E-state index contributed by atoms with van der Waals surface area (Å²) in [6.45, 7) is 4.63. The molecule has 6 heteroatoms. The summed E-state index contributed by atoms with van der Waals surface area (Å²) < 4.78 is 11.8. The molecule has 2 rings (SSSR count). The molecule has 0 radical (unpaired) electrons. The van der Waals surface area contributed by atoms with Crippen LogP contribution in [0.3, 0.4) is 0 Å². The molecular weight excluding hydrogens is 384 g/mol. The predicted octanol–water partition coefficient (Wildman–Crippen LogP) is 4.08. The fourth-order valence-electron chi connectivity index (χ4n) is 1.95. The Morgan fingerprint density at radius 1 is 1.20 bits per heavy atom. The van der Waals surface area contributed by atoms with Crippen molar-refractivity contribution in [2.24, 2.45) is 5.10 Å². The number of carbonyl (C=O) groups is 1. The molecule has 0 spiro atoms. The average molecular weight is 405 g/mol. The molecule has 0 aliphatic carbocycles. The lowest BCUT2D eigenvalue weighted by Crippen LogP contribution is -2.24. The Hall–Kier alpha value is -2.34. The van der Waals surface area contributed by atoms with Crippen molar-refractivity contribution in [1.29, 1.82) is 0 Å². The highest BCUT2D eigenvalue weighted by Crippen LogP contribution is 2.25. The van der Waals surface area contributed by atoms with E-state index in [2.05, 4.69) is 33.4 Å². The van der Waals surface area contributed by atoms with Gasteiger partial charge in [0.2, 0.25) is 0 Å². The maximum Gasteiger partial charge on any atom is 0.277 e. The van der Waals surface area contributed by atoms with Gasteiger partial charge in [-0.1, -0.05) is 13.0 Å². The van der Waals surface area contributed by atoms with Gasteiger partial charge < -0.3 is 9.47 Å². The molecule has 0 fully saturated rings. The normalized spacial score (nSPS) is 10.7. The number of nitrogens with zero attached hydrogens (tertiary/aromatic N) is 1. The molecular formula is C19H21BrN2O3. The molecule has 0 aliphatic rings. The highest BCUT2D eigenvalue weighted by molar-refractivity contribution is 9.10. The van der Waals surface area contributed by atoms with E-state index in [0.29, 0.717) is 12.4 Å². The highest BCUT2D eigenvalue weighted by atomic mass is 79.9. The maximum atomic E-state index is 11.8. The molecule has 0 saturated heterocycles. The Kier molecular flexibility index (Phi) is 7.47.